The summed E-state index contributed by atoms with van der Waals surface area (Å²) < 4.78 is 31.5. The third kappa shape index (κ3) is 5.00. The molecule has 6 aromatic carbocycles. The molecule has 0 aliphatic rings. The van der Waals surface area contributed by atoms with Gasteiger partial charge in [0, 0.05) is 11.1 Å². The normalized spacial score (nSPS) is 11.5. The molecule has 0 heterocycles. The van der Waals surface area contributed by atoms with Crippen LogP contribution in [0.4, 0.5) is 20.2 Å². The first kappa shape index (κ1) is 26.5. The van der Waals surface area contributed by atoms with E-state index in [1.807, 2.05) is 69.3 Å². The van der Waals surface area contributed by atoms with Crippen molar-refractivity contribution in [2.45, 2.75) is 26.3 Å². The maximum Gasteiger partial charge on any atom is 0.147 e. The highest BCUT2D eigenvalue weighted by atomic mass is 19.1. The fourth-order valence-corrected chi connectivity index (χ4v) is 5.70. The van der Waals surface area contributed by atoms with Crippen LogP contribution < -0.4 is 4.90 Å². The minimum Gasteiger partial charge on any atom is -0.331 e. The van der Waals surface area contributed by atoms with Gasteiger partial charge in [-0.25, -0.2) is 8.78 Å². The first-order valence-corrected chi connectivity index (χ1v) is 13.8. The first-order valence-electron chi connectivity index (χ1n) is 13.8. The number of nitrogens with zero attached hydrogens (tertiary/aromatic N) is 1. The monoisotopic (exact) mass is 539 g/mol. The fourth-order valence-electron chi connectivity index (χ4n) is 5.70. The van der Waals surface area contributed by atoms with Gasteiger partial charge in [-0.3, -0.25) is 0 Å². The van der Waals surface area contributed by atoms with Crippen LogP contribution in [0.15, 0.2) is 133 Å². The molecule has 0 fully saturated rings. The fraction of sp³-hybridized carbons (Fsp3) is 0.105. The molecule has 0 unspecified atom stereocenters. The molecule has 0 spiro atoms. The lowest BCUT2D eigenvalue weighted by Gasteiger charge is -2.40. The van der Waals surface area contributed by atoms with Gasteiger partial charge >= 0.3 is 0 Å². The Hall–Kier alpha value is -4.76. The van der Waals surface area contributed by atoms with Gasteiger partial charge in [0.15, 0.2) is 0 Å². The van der Waals surface area contributed by atoms with E-state index in [4.69, 9.17) is 0 Å². The number of rotatable bonds is 5. The molecule has 0 atom stereocenters. The summed E-state index contributed by atoms with van der Waals surface area (Å²) in [5.74, 6) is -0.805. The zero-order valence-corrected chi connectivity index (χ0v) is 23.4. The van der Waals surface area contributed by atoms with E-state index in [2.05, 4.69) is 54.6 Å². The Kier molecular flexibility index (Phi) is 6.88. The van der Waals surface area contributed by atoms with Gasteiger partial charge in [-0.05, 0) is 83.6 Å². The third-order valence-electron chi connectivity index (χ3n) is 7.45. The third-order valence-corrected chi connectivity index (χ3v) is 7.45. The van der Waals surface area contributed by atoms with Crippen LogP contribution in [0.5, 0.6) is 0 Å². The van der Waals surface area contributed by atoms with Crippen molar-refractivity contribution >= 4 is 22.1 Å². The molecule has 0 amide bonds. The summed E-state index contributed by atoms with van der Waals surface area (Å²) in [7, 11) is 0. The van der Waals surface area contributed by atoms with Crippen LogP contribution in [0.25, 0.3) is 44.2 Å². The Morgan fingerprint density at radius 2 is 1.12 bits per heavy atom. The topological polar surface area (TPSA) is 3.24 Å². The van der Waals surface area contributed by atoms with E-state index in [-0.39, 0.29) is 0 Å². The molecule has 0 saturated heterocycles. The average molecular weight is 540 g/mol. The van der Waals surface area contributed by atoms with Crippen LogP contribution in [-0.4, -0.2) is 5.54 Å². The van der Waals surface area contributed by atoms with Crippen molar-refractivity contribution in [2.75, 3.05) is 4.90 Å². The Morgan fingerprint density at radius 3 is 1.88 bits per heavy atom. The second-order valence-electron chi connectivity index (χ2n) is 11.2. The van der Waals surface area contributed by atoms with Crippen LogP contribution in [0.2, 0.25) is 0 Å². The number of halogens is 2. The predicted octanol–water partition coefficient (Wildman–Crippen LogP) is 11.1. The smallest absolute Gasteiger partial charge is 0.147 e. The number of hydrogen-bond donors (Lipinski definition) is 0. The molecular formula is C38H31F2N. The van der Waals surface area contributed by atoms with E-state index in [0.717, 1.165) is 33.4 Å². The van der Waals surface area contributed by atoms with E-state index < -0.39 is 17.2 Å². The van der Waals surface area contributed by atoms with Crippen molar-refractivity contribution in [3.8, 4) is 33.4 Å². The number of fused-ring (bicyclic) bond motifs is 1. The highest BCUT2D eigenvalue weighted by molar-refractivity contribution is 5.99. The zero-order chi connectivity index (χ0) is 28.6. The van der Waals surface area contributed by atoms with Crippen LogP contribution in [-0.2, 0) is 0 Å². The number of hydrogen-bond acceptors (Lipinski definition) is 1. The second kappa shape index (κ2) is 10.7. The van der Waals surface area contributed by atoms with Gasteiger partial charge in [-0.15, -0.1) is 0 Å². The molecule has 6 rings (SSSR count). The summed E-state index contributed by atoms with van der Waals surface area (Å²) in [6.45, 7) is 5.92. The summed E-state index contributed by atoms with van der Waals surface area (Å²) in [6.07, 6.45) is 0. The molecule has 202 valence electrons. The highest BCUT2D eigenvalue weighted by Gasteiger charge is 2.32. The molecule has 6 aromatic rings. The van der Waals surface area contributed by atoms with Gasteiger partial charge in [0.2, 0.25) is 0 Å². The van der Waals surface area contributed by atoms with Crippen molar-refractivity contribution in [1.82, 2.24) is 0 Å². The molecule has 3 heteroatoms. The van der Waals surface area contributed by atoms with E-state index in [0.29, 0.717) is 11.4 Å². The van der Waals surface area contributed by atoms with Gasteiger partial charge in [0.05, 0.1) is 11.4 Å². The SMILES string of the molecule is CC(C)(C)N(c1ccccc1F)c1c(F)ccc(-c2cccc(-c3cccc4ccccc34)c2)c1-c1ccccc1. The number of anilines is 2. The number of benzene rings is 6. The summed E-state index contributed by atoms with van der Waals surface area (Å²) >= 11 is 0. The largest absolute Gasteiger partial charge is 0.331 e. The lowest BCUT2D eigenvalue weighted by atomic mass is 9.88. The Balaban J connectivity index is 1.64. The van der Waals surface area contributed by atoms with Gasteiger partial charge in [-0.1, -0.05) is 109 Å². The summed E-state index contributed by atoms with van der Waals surface area (Å²) in [5.41, 5.74) is 5.67. The van der Waals surface area contributed by atoms with Crippen LogP contribution in [0, 0.1) is 11.6 Å². The molecular weight excluding hydrogens is 508 g/mol. The minimum absolute atomic E-state index is 0.331. The van der Waals surface area contributed by atoms with E-state index in [1.165, 1.54) is 22.9 Å². The lowest BCUT2D eigenvalue weighted by molar-refractivity contribution is 0.527. The molecule has 41 heavy (non-hydrogen) atoms. The van der Waals surface area contributed by atoms with Gasteiger partial charge in [-0.2, -0.15) is 0 Å². The first-order chi connectivity index (χ1) is 19.8. The zero-order valence-electron chi connectivity index (χ0n) is 23.4. The Labute approximate surface area is 240 Å². The Morgan fingerprint density at radius 1 is 0.512 bits per heavy atom. The summed E-state index contributed by atoms with van der Waals surface area (Å²) in [6, 6.07) is 42.8. The van der Waals surface area contributed by atoms with E-state index in [9.17, 15) is 0 Å². The van der Waals surface area contributed by atoms with Crippen molar-refractivity contribution in [2.24, 2.45) is 0 Å². The van der Waals surface area contributed by atoms with Crippen molar-refractivity contribution in [3.63, 3.8) is 0 Å². The van der Waals surface area contributed by atoms with E-state index in [1.54, 1.807) is 23.1 Å². The van der Waals surface area contributed by atoms with Crippen molar-refractivity contribution in [3.05, 3.63) is 145 Å². The quantitative estimate of drug-likeness (QED) is 0.211. The molecule has 1 nitrogen and oxygen atoms in total. The van der Waals surface area contributed by atoms with Gasteiger partial charge in [0.25, 0.3) is 0 Å². The standard InChI is InChI=1S/C38H31F2N/c1-38(2,3)41(35-22-10-9-21-33(35)39)37-34(40)24-23-32(36(37)27-14-5-4-6-15-27)29-18-11-17-28(25-29)31-20-12-16-26-13-7-8-19-30(26)31/h4-25H,1-3H3. The maximum absolute atomic E-state index is 16.2. The van der Waals surface area contributed by atoms with Gasteiger partial charge < -0.3 is 4.90 Å². The van der Waals surface area contributed by atoms with E-state index >= 15 is 8.78 Å². The molecule has 0 bridgehead atoms. The molecule has 0 aliphatic heterocycles. The molecule has 0 aliphatic carbocycles. The minimum atomic E-state index is -0.629. The van der Waals surface area contributed by atoms with Crippen LogP contribution >= 0.6 is 0 Å². The second-order valence-corrected chi connectivity index (χ2v) is 11.2. The summed E-state index contributed by atoms with van der Waals surface area (Å²) in [4.78, 5) is 1.79. The molecule has 0 radical (unpaired) electrons. The van der Waals surface area contributed by atoms with Gasteiger partial charge in [0.1, 0.15) is 11.6 Å². The van der Waals surface area contributed by atoms with Crippen LogP contribution in [0.3, 0.4) is 0 Å². The van der Waals surface area contributed by atoms with Crippen molar-refractivity contribution < 1.29 is 8.78 Å². The maximum atomic E-state index is 16.2. The Bertz CT molecular complexity index is 1850. The molecule has 0 N–H and O–H groups in total. The number of para-hydroxylation sites is 1. The molecule has 0 aromatic heterocycles. The molecule has 0 saturated carbocycles. The lowest BCUT2D eigenvalue weighted by Crippen LogP contribution is -2.39. The summed E-state index contributed by atoms with van der Waals surface area (Å²) in [5, 5.41) is 2.35. The van der Waals surface area contributed by atoms with Crippen molar-refractivity contribution in [1.29, 1.82) is 0 Å². The average Bonchev–Trinajstić information content (AvgIpc) is 2.98. The highest BCUT2D eigenvalue weighted by Crippen LogP contribution is 2.47. The van der Waals surface area contributed by atoms with Crippen LogP contribution in [0.1, 0.15) is 20.8 Å². The predicted molar refractivity (Wildman–Crippen MR) is 169 cm³/mol.